The molecule has 2 aromatic heterocycles. The lowest BCUT2D eigenvalue weighted by atomic mass is 10.1. The fourth-order valence-electron chi connectivity index (χ4n) is 4.53. The minimum absolute atomic E-state index is 0.206. The number of H-pyrrole nitrogens is 1. The summed E-state index contributed by atoms with van der Waals surface area (Å²) < 4.78 is 32.5. The number of nitrogens with zero attached hydrogens (tertiary/aromatic N) is 2. The number of carbonyl (C=O) groups excluding carboxylic acids is 1. The Balaban J connectivity index is 1.19. The molecule has 2 aliphatic rings. The number of rotatable bonds is 6. The Labute approximate surface area is 223 Å². The number of pyridine rings is 1. The van der Waals surface area contributed by atoms with Crippen LogP contribution in [-0.2, 0) is 19.2 Å². The van der Waals surface area contributed by atoms with Crippen molar-refractivity contribution >= 4 is 44.3 Å². The van der Waals surface area contributed by atoms with Crippen LogP contribution in [0.5, 0.6) is 6.01 Å². The largest absolute Gasteiger partial charge is 0.456 e. The molecule has 3 N–H and O–H groups in total. The maximum Gasteiger partial charge on any atom is 0.296 e. The van der Waals surface area contributed by atoms with E-state index in [0.717, 1.165) is 0 Å². The SMILES string of the molecule is C=S(=O)(NC(=O)c1ccc(-c2nc3nc(OC4COC5C(O)COC45)[nH]c3cc2Cl)cc1)c1ccccc1. The first-order valence-electron chi connectivity index (χ1n) is 11.8. The third-order valence-electron chi connectivity index (χ3n) is 6.45. The van der Waals surface area contributed by atoms with Crippen LogP contribution in [0.2, 0.25) is 5.02 Å². The number of aliphatic hydroxyl groups excluding tert-OH is 1. The van der Waals surface area contributed by atoms with Crippen LogP contribution in [0, 0.1) is 0 Å². The van der Waals surface area contributed by atoms with Crippen LogP contribution in [0.3, 0.4) is 0 Å². The highest BCUT2D eigenvalue weighted by Crippen LogP contribution is 2.32. The lowest BCUT2D eigenvalue weighted by molar-refractivity contribution is 0.00706. The summed E-state index contributed by atoms with van der Waals surface area (Å²) in [4.78, 5) is 25.2. The molecule has 2 saturated heterocycles. The van der Waals surface area contributed by atoms with E-state index in [1.54, 1.807) is 60.7 Å². The number of nitrogens with one attached hydrogen (secondary N) is 2. The Bertz CT molecular complexity index is 1610. The maximum absolute atomic E-state index is 12.9. The highest BCUT2D eigenvalue weighted by atomic mass is 35.5. The molecule has 196 valence electrons. The summed E-state index contributed by atoms with van der Waals surface area (Å²) in [5.41, 5.74) is 2.42. The second kappa shape index (κ2) is 9.68. The minimum atomic E-state index is -3.00. The number of fused-ring (bicyclic) bond motifs is 2. The van der Waals surface area contributed by atoms with Gasteiger partial charge in [0.1, 0.15) is 18.3 Å². The van der Waals surface area contributed by atoms with Gasteiger partial charge in [-0.2, -0.15) is 4.98 Å². The van der Waals surface area contributed by atoms with Gasteiger partial charge in [-0.25, -0.2) is 9.19 Å². The number of amides is 1. The predicted octanol–water partition coefficient (Wildman–Crippen LogP) is 2.60. The van der Waals surface area contributed by atoms with Gasteiger partial charge < -0.3 is 24.3 Å². The van der Waals surface area contributed by atoms with E-state index in [2.05, 4.69) is 25.5 Å². The van der Waals surface area contributed by atoms with Gasteiger partial charge in [0.15, 0.2) is 11.8 Å². The fraction of sp³-hybridized carbons (Fsp3) is 0.231. The third kappa shape index (κ3) is 4.63. The molecule has 2 aromatic carbocycles. The van der Waals surface area contributed by atoms with Gasteiger partial charge in [0.2, 0.25) is 0 Å². The van der Waals surface area contributed by atoms with Gasteiger partial charge in [-0.3, -0.25) is 9.52 Å². The molecule has 4 aromatic rings. The lowest BCUT2D eigenvalue weighted by Gasteiger charge is -2.15. The van der Waals surface area contributed by atoms with Crippen molar-refractivity contribution in [1.29, 1.82) is 0 Å². The van der Waals surface area contributed by atoms with Crippen molar-refractivity contribution in [2.75, 3.05) is 13.2 Å². The van der Waals surface area contributed by atoms with E-state index in [4.69, 9.17) is 25.8 Å². The van der Waals surface area contributed by atoms with Gasteiger partial charge >= 0.3 is 0 Å². The third-order valence-corrected chi connectivity index (χ3v) is 8.29. The average Bonchev–Trinajstić information content (AvgIpc) is 3.60. The molecule has 4 heterocycles. The Morgan fingerprint density at radius 3 is 2.61 bits per heavy atom. The Kier molecular flexibility index (Phi) is 6.33. The molecule has 0 saturated carbocycles. The zero-order chi connectivity index (χ0) is 26.4. The molecule has 1 amide bonds. The number of aromatic nitrogens is 3. The first-order chi connectivity index (χ1) is 18.3. The molecule has 5 unspecified atom stereocenters. The Hall–Kier alpha value is -3.48. The number of aliphatic hydroxyl groups is 1. The normalized spacial score (nSPS) is 24.2. The molecule has 0 spiro atoms. The van der Waals surface area contributed by atoms with Crippen LogP contribution in [0.25, 0.3) is 22.4 Å². The van der Waals surface area contributed by atoms with Gasteiger partial charge in [-0.1, -0.05) is 41.9 Å². The summed E-state index contributed by atoms with van der Waals surface area (Å²) in [5.74, 6) is 3.17. The van der Waals surface area contributed by atoms with E-state index in [1.165, 1.54) is 0 Å². The summed E-state index contributed by atoms with van der Waals surface area (Å²) in [5, 5.41) is 10.3. The van der Waals surface area contributed by atoms with Crippen molar-refractivity contribution in [2.45, 2.75) is 29.3 Å². The number of benzene rings is 2. The first kappa shape index (κ1) is 24.8. The van der Waals surface area contributed by atoms with E-state index in [-0.39, 0.29) is 25.3 Å². The molecular weight excluding hydrogens is 532 g/mol. The summed E-state index contributed by atoms with van der Waals surface area (Å²) in [7, 11) is -3.00. The van der Waals surface area contributed by atoms with Crippen LogP contribution in [-0.4, -0.2) is 73.7 Å². The van der Waals surface area contributed by atoms with E-state index in [9.17, 15) is 14.1 Å². The molecule has 38 heavy (non-hydrogen) atoms. The van der Waals surface area contributed by atoms with Gasteiger partial charge in [0.05, 0.1) is 39.2 Å². The van der Waals surface area contributed by atoms with Crippen molar-refractivity contribution in [3.8, 4) is 17.3 Å². The molecule has 0 bridgehead atoms. The van der Waals surface area contributed by atoms with Crippen molar-refractivity contribution in [3.63, 3.8) is 0 Å². The highest BCUT2D eigenvalue weighted by molar-refractivity contribution is 7.99. The fourth-order valence-corrected chi connectivity index (χ4v) is 5.92. The standard InChI is InChI=1S/C26H23ClN4O6S/c1-38(34,16-5-3-2-4-6-16)31-25(33)15-9-7-14(8-10-15)21-17(27)11-18-24(29-21)30-26(28-18)37-20-13-36-22-19(32)12-35-23(20)22/h2-11,19-20,22-23,32H,1,12-13H2,(H,28,29,30)(H,31,33,34). The van der Waals surface area contributed by atoms with Crippen molar-refractivity contribution in [3.05, 3.63) is 71.2 Å². The first-order valence-corrected chi connectivity index (χ1v) is 13.9. The highest BCUT2D eigenvalue weighted by Gasteiger charge is 2.48. The van der Waals surface area contributed by atoms with Crippen LogP contribution in [0.1, 0.15) is 10.4 Å². The summed E-state index contributed by atoms with van der Waals surface area (Å²) >= 11 is 6.52. The second-order valence-corrected chi connectivity index (χ2v) is 11.5. The van der Waals surface area contributed by atoms with E-state index >= 15 is 0 Å². The topological polar surface area (TPSA) is 136 Å². The van der Waals surface area contributed by atoms with Gasteiger partial charge in [-0.05, 0) is 36.2 Å². The molecule has 12 heteroatoms. The predicted molar refractivity (Wildman–Crippen MR) is 142 cm³/mol. The van der Waals surface area contributed by atoms with E-state index < -0.39 is 33.9 Å². The van der Waals surface area contributed by atoms with E-state index in [1.807, 2.05) is 0 Å². The number of aromatic amines is 1. The number of imidazole rings is 1. The lowest BCUT2D eigenvalue weighted by Crippen LogP contribution is -2.34. The summed E-state index contributed by atoms with van der Waals surface area (Å²) in [6.07, 6.45) is -1.87. The van der Waals surface area contributed by atoms with Gasteiger partial charge in [-0.15, -0.1) is 0 Å². The zero-order valence-corrected chi connectivity index (χ0v) is 21.4. The number of hydrogen-bond donors (Lipinski definition) is 3. The minimum Gasteiger partial charge on any atom is -0.456 e. The maximum atomic E-state index is 12.9. The van der Waals surface area contributed by atoms with Crippen molar-refractivity contribution in [1.82, 2.24) is 19.7 Å². The molecule has 10 nitrogen and oxygen atoms in total. The van der Waals surface area contributed by atoms with E-state index in [0.29, 0.717) is 37.9 Å². The number of ether oxygens (including phenoxy) is 3. The van der Waals surface area contributed by atoms with Gasteiger partial charge in [0.25, 0.3) is 11.9 Å². The molecule has 2 aliphatic heterocycles. The van der Waals surface area contributed by atoms with Gasteiger partial charge in [0, 0.05) is 16.0 Å². The monoisotopic (exact) mass is 554 g/mol. The average molecular weight is 555 g/mol. The molecule has 5 atom stereocenters. The smallest absolute Gasteiger partial charge is 0.296 e. The van der Waals surface area contributed by atoms with Crippen LogP contribution < -0.4 is 9.46 Å². The molecule has 2 fully saturated rings. The number of halogens is 1. The molecular formula is C26H23ClN4O6S. The summed E-state index contributed by atoms with van der Waals surface area (Å²) in [6.45, 7) is 0.481. The quantitative estimate of drug-likeness (QED) is 0.309. The summed E-state index contributed by atoms with van der Waals surface area (Å²) in [6, 6.07) is 17.1. The molecule has 6 rings (SSSR count). The van der Waals surface area contributed by atoms with Crippen molar-refractivity contribution < 1.29 is 28.3 Å². The molecule has 0 aliphatic carbocycles. The number of carbonyl (C=O) groups is 1. The Morgan fingerprint density at radius 1 is 1.11 bits per heavy atom. The van der Waals surface area contributed by atoms with Crippen molar-refractivity contribution in [2.24, 2.45) is 0 Å². The van der Waals surface area contributed by atoms with Crippen LogP contribution in [0.4, 0.5) is 0 Å². The zero-order valence-electron chi connectivity index (χ0n) is 19.9. The molecule has 0 radical (unpaired) electrons. The van der Waals surface area contributed by atoms with Crippen LogP contribution >= 0.6 is 11.6 Å². The van der Waals surface area contributed by atoms with Crippen LogP contribution in [0.15, 0.2) is 65.6 Å². The number of hydrogen-bond acceptors (Lipinski definition) is 8. The Morgan fingerprint density at radius 2 is 1.84 bits per heavy atom. The second-order valence-electron chi connectivity index (χ2n) is 9.05.